The normalized spacial score (nSPS) is 12.4. The maximum absolute atomic E-state index is 3.86. The van der Waals surface area contributed by atoms with Gasteiger partial charge in [0.2, 0.25) is 0 Å². The van der Waals surface area contributed by atoms with Crippen molar-refractivity contribution >= 4 is 7.26 Å². The molecule has 0 N–H and O–H groups in total. The van der Waals surface area contributed by atoms with Gasteiger partial charge in [-0.05, 0) is 0 Å². The van der Waals surface area contributed by atoms with Crippen LogP contribution in [0.3, 0.4) is 0 Å². The van der Waals surface area contributed by atoms with E-state index in [1.54, 1.807) is 0 Å². The second-order valence-corrected chi connectivity index (χ2v) is 9.96. The van der Waals surface area contributed by atoms with Crippen LogP contribution in [0.4, 0.5) is 0 Å². The molecule has 1 heteroatoms. The molecule has 1 rings (SSSR count). The van der Waals surface area contributed by atoms with Gasteiger partial charge in [0.1, 0.15) is 0 Å². The SMILES string of the molecule is C=CCC[PH](CC)(CC)Cc1ccccc1. The first kappa shape index (κ1) is 13.5. The predicted molar refractivity (Wildman–Crippen MR) is 79.2 cm³/mol. The van der Waals surface area contributed by atoms with E-state index in [4.69, 9.17) is 0 Å². The maximum atomic E-state index is 3.86. The van der Waals surface area contributed by atoms with Crippen LogP contribution in [0.5, 0.6) is 0 Å². The van der Waals surface area contributed by atoms with Crippen molar-refractivity contribution in [3.63, 3.8) is 0 Å². The first-order chi connectivity index (χ1) is 7.76. The summed E-state index contributed by atoms with van der Waals surface area (Å²) in [7, 11) is -1.08. The van der Waals surface area contributed by atoms with E-state index >= 15 is 0 Å². The Morgan fingerprint density at radius 1 is 1.12 bits per heavy atom. The van der Waals surface area contributed by atoms with Crippen LogP contribution in [-0.4, -0.2) is 18.5 Å². The van der Waals surface area contributed by atoms with E-state index < -0.39 is 7.26 Å². The standard InChI is InChI=1S/C15H25P/c1-4-7-13-16(5-2,6-3)14-15-11-9-8-10-12-15/h4,8-12,16H,1,5-7,13-14H2,2-3H3. The first-order valence-electron chi connectivity index (χ1n) is 6.41. The van der Waals surface area contributed by atoms with Crippen LogP contribution in [0.2, 0.25) is 0 Å². The summed E-state index contributed by atoms with van der Waals surface area (Å²) in [4.78, 5) is 0. The molecule has 1 aromatic rings. The van der Waals surface area contributed by atoms with Gasteiger partial charge >= 0.3 is 101 Å². The van der Waals surface area contributed by atoms with Crippen molar-refractivity contribution < 1.29 is 0 Å². The third-order valence-corrected chi connectivity index (χ3v) is 9.31. The van der Waals surface area contributed by atoms with Crippen LogP contribution < -0.4 is 0 Å². The van der Waals surface area contributed by atoms with Crippen molar-refractivity contribution in [2.75, 3.05) is 18.5 Å². The molecule has 0 aromatic heterocycles. The van der Waals surface area contributed by atoms with Gasteiger partial charge in [-0.2, -0.15) is 0 Å². The number of benzene rings is 1. The van der Waals surface area contributed by atoms with E-state index in [2.05, 4.69) is 56.8 Å². The molecule has 90 valence electrons. The molecule has 0 radical (unpaired) electrons. The molecule has 1 aromatic carbocycles. The van der Waals surface area contributed by atoms with Gasteiger partial charge in [-0.3, -0.25) is 0 Å². The molecule has 0 aliphatic heterocycles. The zero-order chi connectivity index (χ0) is 11.9. The topological polar surface area (TPSA) is 0 Å². The van der Waals surface area contributed by atoms with E-state index in [-0.39, 0.29) is 0 Å². The van der Waals surface area contributed by atoms with Gasteiger partial charge in [-0.25, -0.2) is 0 Å². The van der Waals surface area contributed by atoms with E-state index in [1.165, 1.54) is 36.6 Å². The molecule has 0 unspecified atom stereocenters. The summed E-state index contributed by atoms with van der Waals surface area (Å²) in [6.45, 7) is 8.62. The molecule has 0 atom stereocenters. The average molecular weight is 236 g/mol. The van der Waals surface area contributed by atoms with Crippen LogP contribution >= 0.6 is 7.26 Å². The molecule has 0 aliphatic rings. The minimum absolute atomic E-state index is 1.08. The summed E-state index contributed by atoms with van der Waals surface area (Å²) >= 11 is 0. The second-order valence-electron chi connectivity index (χ2n) is 4.70. The minimum atomic E-state index is -1.08. The van der Waals surface area contributed by atoms with Crippen LogP contribution in [0.15, 0.2) is 43.0 Å². The van der Waals surface area contributed by atoms with E-state index in [0.29, 0.717) is 0 Å². The zero-order valence-electron chi connectivity index (χ0n) is 10.7. The molecule has 0 fully saturated rings. The Kier molecular flexibility index (Phi) is 5.77. The Balaban J connectivity index is 2.73. The van der Waals surface area contributed by atoms with Gasteiger partial charge in [0, 0.05) is 0 Å². The van der Waals surface area contributed by atoms with Crippen LogP contribution in [0.25, 0.3) is 0 Å². The Labute approximate surface area is 101 Å². The van der Waals surface area contributed by atoms with E-state index in [9.17, 15) is 0 Å². The molecule has 0 saturated carbocycles. The molecule has 0 amide bonds. The summed E-state index contributed by atoms with van der Waals surface area (Å²) in [6.07, 6.45) is 8.81. The molecule has 0 nitrogen and oxygen atoms in total. The third-order valence-electron chi connectivity index (χ3n) is 3.80. The molecule has 0 spiro atoms. The van der Waals surface area contributed by atoms with E-state index in [0.717, 1.165) is 0 Å². The Morgan fingerprint density at radius 2 is 1.75 bits per heavy atom. The van der Waals surface area contributed by atoms with Gasteiger partial charge in [-0.1, -0.05) is 0 Å². The number of hydrogen-bond donors (Lipinski definition) is 0. The van der Waals surface area contributed by atoms with Crippen molar-refractivity contribution in [3.05, 3.63) is 48.6 Å². The Morgan fingerprint density at radius 3 is 2.25 bits per heavy atom. The van der Waals surface area contributed by atoms with Gasteiger partial charge < -0.3 is 0 Å². The predicted octanol–water partition coefficient (Wildman–Crippen LogP) is 4.55. The van der Waals surface area contributed by atoms with E-state index in [1.807, 2.05) is 0 Å². The first-order valence-corrected chi connectivity index (χ1v) is 9.24. The fraction of sp³-hybridized carbons (Fsp3) is 0.467. The third kappa shape index (κ3) is 3.76. The number of allylic oxidation sites excluding steroid dienone is 1. The monoisotopic (exact) mass is 236 g/mol. The van der Waals surface area contributed by atoms with Gasteiger partial charge in [0.25, 0.3) is 0 Å². The molecule has 0 aliphatic carbocycles. The summed E-state index contributed by atoms with van der Waals surface area (Å²) in [5, 5.41) is 0. The Hall–Kier alpha value is -0.610. The summed E-state index contributed by atoms with van der Waals surface area (Å²) in [5.74, 6) is 0. The molecule has 0 heterocycles. The fourth-order valence-electron chi connectivity index (χ4n) is 2.38. The number of rotatable bonds is 7. The van der Waals surface area contributed by atoms with Crippen LogP contribution in [0.1, 0.15) is 25.8 Å². The fourth-order valence-corrected chi connectivity index (χ4v) is 6.18. The molecule has 16 heavy (non-hydrogen) atoms. The van der Waals surface area contributed by atoms with Crippen molar-refractivity contribution in [2.24, 2.45) is 0 Å². The summed E-state index contributed by atoms with van der Waals surface area (Å²) < 4.78 is 0. The van der Waals surface area contributed by atoms with Crippen molar-refractivity contribution in [2.45, 2.75) is 26.4 Å². The summed E-state index contributed by atoms with van der Waals surface area (Å²) in [6, 6.07) is 11.0. The average Bonchev–Trinajstić information content (AvgIpc) is 2.36. The molecular weight excluding hydrogens is 211 g/mol. The molecule has 0 saturated heterocycles. The summed E-state index contributed by atoms with van der Waals surface area (Å²) in [5.41, 5.74) is 1.53. The van der Waals surface area contributed by atoms with Gasteiger partial charge in [-0.15, -0.1) is 0 Å². The van der Waals surface area contributed by atoms with Crippen molar-refractivity contribution in [1.29, 1.82) is 0 Å². The van der Waals surface area contributed by atoms with Gasteiger partial charge in [0.05, 0.1) is 0 Å². The quantitative estimate of drug-likeness (QED) is 0.481. The molecule has 0 bridgehead atoms. The Bertz CT molecular complexity index is 298. The second kappa shape index (κ2) is 6.86. The zero-order valence-corrected chi connectivity index (χ0v) is 11.7. The van der Waals surface area contributed by atoms with Crippen LogP contribution in [-0.2, 0) is 6.16 Å². The van der Waals surface area contributed by atoms with Crippen LogP contribution in [0, 0.1) is 0 Å². The van der Waals surface area contributed by atoms with Crippen molar-refractivity contribution in [1.82, 2.24) is 0 Å². The molecular formula is C15H25P. The number of hydrogen-bond acceptors (Lipinski definition) is 0. The van der Waals surface area contributed by atoms with Crippen molar-refractivity contribution in [3.8, 4) is 0 Å². The van der Waals surface area contributed by atoms with Gasteiger partial charge in [0.15, 0.2) is 0 Å².